The van der Waals surface area contributed by atoms with Gasteiger partial charge in [-0.1, -0.05) is 15.9 Å². The van der Waals surface area contributed by atoms with Crippen molar-refractivity contribution in [2.45, 2.75) is 12.7 Å². The van der Waals surface area contributed by atoms with Gasteiger partial charge in [-0.3, -0.25) is 0 Å². The molecule has 0 radical (unpaired) electrons. The van der Waals surface area contributed by atoms with E-state index >= 15 is 0 Å². The van der Waals surface area contributed by atoms with Crippen LogP contribution in [0.15, 0.2) is 16.6 Å². The molecule has 0 fully saturated rings. The Morgan fingerprint density at radius 2 is 1.93 bits per heavy atom. The fraction of sp³-hybridized carbons (Fsp3) is 0.250. The van der Waals surface area contributed by atoms with Crippen LogP contribution in [0.4, 0.5) is 13.2 Å². The highest BCUT2D eigenvalue weighted by Gasteiger charge is 2.33. The molecular formula is C8H6BrF3IN. The lowest BCUT2D eigenvalue weighted by atomic mass is 10.1. The predicted molar refractivity (Wildman–Crippen MR) is 59.8 cm³/mol. The highest BCUT2D eigenvalue weighted by atomic mass is 127. The molecule has 14 heavy (non-hydrogen) atoms. The Hall–Kier alpha value is 0.180. The molecule has 0 saturated carbocycles. The smallest absolute Gasteiger partial charge is 0.326 e. The highest BCUT2D eigenvalue weighted by molar-refractivity contribution is 14.1. The second-order valence-electron chi connectivity index (χ2n) is 2.63. The summed E-state index contributed by atoms with van der Waals surface area (Å²) in [5, 5.41) is 0. The number of benzene rings is 1. The van der Waals surface area contributed by atoms with Crippen LogP contribution in [0.3, 0.4) is 0 Å². The van der Waals surface area contributed by atoms with Crippen molar-refractivity contribution in [1.29, 1.82) is 0 Å². The molecule has 0 aliphatic rings. The van der Waals surface area contributed by atoms with Crippen LogP contribution in [0, 0.1) is 3.57 Å². The molecular weight excluding hydrogens is 374 g/mol. The first kappa shape index (κ1) is 12.3. The van der Waals surface area contributed by atoms with Crippen molar-refractivity contribution in [2.75, 3.05) is 0 Å². The lowest BCUT2D eigenvalue weighted by molar-refractivity contribution is -0.138. The van der Waals surface area contributed by atoms with Crippen molar-refractivity contribution in [3.8, 4) is 0 Å². The Balaban J connectivity index is 3.37. The highest BCUT2D eigenvalue weighted by Crippen LogP contribution is 2.36. The van der Waals surface area contributed by atoms with Gasteiger partial charge in [0.2, 0.25) is 0 Å². The van der Waals surface area contributed by atoms with Crippen molar-refractivity contribution in [3.05, 3.63) is 31.3 Å². The van der Waals surface area contributed by atoms with E-state index in [9.17, 15) is 13.2 Å². The Bertz CT molecular complexity index is 351. The van der Waals surface area contributed by atoms with E-state index in [1.165, 1.54) is 0 Å². The van der Waals surface area contributed by atoms with E-state index in [0.29, 0.717) is 10.0 Å². The van der Waals surface area contributed by atoms with E-state index in [1.54, 1.807) is 28.7 Å². The van der Waals surface area contributed by atoms with Crippen LogP contribution in [0.5, 0.6) is 0 Å². The normalized spacial score (nSPS) is 11.9. The minimum atomic E-state index is -4.33. The molecule has 2 N–H and O–H groups in total. The van der Waals surface area contributed by atoms with E-state index < -0.39 is 11.7 Å². The van der Waals surface area contributed by atoms with Gasteiger partial charge in [-0.2, -0.15) is 13.2 Å². The maximum Gasteiger partial charge on any atom is 0.417 e. The fourth-order valence-corrected chi connectivity index (χ4v) is 2.34. The average Bonchev–Trinajstić information content (AvgIpc) is 2.06. The maximum absolute atomic E-state index is 12.5. The third-order valence-electron chi connectivity index (χ3n) is 1.64. The number of hydrogen-bond acceptors (Lipinski definition) is 1. The van der Waals surface area contributed by atoms with Crippen molar-refractivity contribution < 1.29 is 13.2 Å². The molecule has 0 spiro atoms. The maximum atomic E-state index is 12.5. The quantitative estimate of drug-likeness (QED) is 0.742. The first-order valence-electron chi connectivity index (χ1n) is 3.61. The molecule has 1 aromatic carbocycles. The van der Waals surface area contributed by atoms with Crippen LogP contribution < -0.4 is 5.73 Å². The molecule has 1 nitrogen and oxygen atoms in total. The van der Waals surface area contributed by atoms with E-state index in [2.05, 4.69) is 15.9 Å². The second-order valence-corrected chi connectivity index (χ2v) is 4.62. The largest absolute Gasteiger partial charge is 0.417 e. The van der Waals surface area contributed by atoms with Gasteiger partial charge in [0.1, 0.15) is 0 Å². The van der Waals surface area contributed by atoms with Crippen LogP contribution in [-0.4, -0.2) is 0 Å². The zero-order chi connectivity index (χ0) is 10.9. The van der Waals surface area contributed by atoms with Crippen LogP contribution in [-0.2, 0) is 12.7 Å². The van der Waals surface area contributed by atoms with Crippen LogP contribution >= 0.6 is 38.5 Å². The summed E-state index contributed by atoms with van der Waals surface area (Å²) in [5.41, 5.74) is 5.19. The Labute approximate surface area is 101 Å². The monoisotopic (exact) mass is 379 g/mol. The van der Waals surface area contributed by atoms with Crippen molar-refractivity contribution in [2.24, 2.45) is 5.73 Å². The van der Waals surface area contributed by atoms with Gasteiger partial charge >= 0.3 is 6.18 Å². The fourth-order valence-electron chi connectivity index (χ4n) is 1.00. The van der Waals surface area contributed by atoms with Gasteiger partial charge in [-0.05, 0) is 40.3 Å². The molecule has 1 rings (SSSR count). The zero-order valence-corrected chi connectivity index (χ0v) is 10.6. The van der Waals surface area contributed by atoms with Gasteiger partial charge in [0, 0.05) is 14.6 Å². The third-order valence-corrected chi connectivity index (χ3v) is 3.37. The second kappa shape index (κ2) is 4.36. The van der Waals surface area contributed by atoms with Crippen LogP contribution in [0.25, 0.3) is 0 Å². The molecule has 0 aliphatic heterocycles. The minimum Gasteiger partial charge on any atom is -0.326 e. The van der Waals surface area contributed by atoms with Crippen LogP contribution in [0.2, 0.25) is 0 Å². The Morgan fingerprint density at radius 3 is 2.36 bits per heavy atom. The van der Waals surface area contributed by atoms with E-state index in [4.69, 9.17) is 5.73 Å². The summed E-state index contributed by atoms with van der Waals surface area (Å²) < 4.78 is 38.0. The Morgan fingerprint density at radius 1 is 1.36 bits per heavy atom. The van der Waals surface area contributed by atoms with Crippen molar-refractivity contribution >= 4 is 38.5 Å². The summed E-state index contributed by atoms with van der Waals surface area (Å²) in [5.74, 6) is 0. The van der Waals surface area contributed by atoms with E-state index in [1.807, 2.05) is 0 Å². The summed E-state index contributed by atoms with van der Waals surface area (Å²) >= 11 is 4.68. The molecule has 1 aromatic rings. The summed E-state index contributed by atoms with van der Waals surface area (Å²) in [4.78, 5) is 0. The number of rotatable bonds is 1. The third kappa shape index (κ3) is 2.60. The van der Waals surface area contributed by atoms with E-state index in [0.717, 1.165) is 6.07 Å². The van der Waals surface area contributed by atoms with Gasteiger partial charge in [0.25, 0.3) is 0 Å². The lowest BCUT2D eigenvalue weighted by Crippen LogP contribution is -2.11. The van der Waals surface area contributed by atoms with Gasteiger partial charge in [0.05, 0.1) is 5.56 Å². The number of alkyl halides is 3. The number of nitrogens with two attached hydrogens (primary N) is 1. The molecule has 0 saturated heterocycles. The first-order valence-corrected chi connectivity index (χ1v) is 5.48. The first-order chi connectivity index (χ1) is 6.36. The lowest BCUT2D eigenvalue weighted by Gasteiger charge is -2.12. The average molecular weight is 380 g/mol. The molecule has 0 aliphatic carbocycles. The van der Waals surface area contributed by atoms with Gasteiger partial charge in [-0.25, -0.2) is 0 Å². The summed E-state index contributed by atoms with van der Waals surface area (Å²) in [6.45, 7) is 0.0980. The summed E-state index contributed by atoms with van der Waals surface area (Å²) in [6, 6.07) is 2.65. The predicted octanol–water partition coefficient (Wildman–Crippen LogP) is 3.53. The molecule has 0 heterocycles. The van der Waals surface area contributed by atoms with Gasteiger partial charge in [0.15, 0.2) is 0 Å². The number of hydrogen-bond donors (Lipinski definition) is 1. The molecule has 0 bridgehead atoms. The molecule has 6 heteroatoms. The molecule has 0 aromatic heterocycles. The topological polar surface area (TPSA) is 26.0 Å². The van der Waals surface area contributed by atoms with Gasteiger partial charge < -0.3 is 5.73 Å². The SMILES string of the molecule is NCc1cc(Br)cc(C(F)(F)F)c1I. The minimum absolute atomic E-state index is 0.0980. The standard InChI is InChI=1S/C8H6BrF3IN/c9-5-1-4(3-14)7(13)6(2-5)8(10,11)12/h1-2H,3,14H2. The van der Waals surface area contributed by atoms with Crippen molar-refractivity contribution in [3.63, 3.8) is 0 Å². The molecule has 0 amide bonds. The summed E-state index contributed by atoms with van der Waals surface area (Å²) in [6.07, 6.45) is -4.33. The van der Waals surface area contributed by atoms with E-state index in [-0.39, 0.29) is 10.1 Å². The van der Waals surface area contributed by atoms with Gasteiger partial charge in [-0.15, -0.1) is 0 Å². The van der Waals surface area contributed by atoms with Crippen molar-refractivity contribution in [1.82, 2.24) is 0 Å². The molecule has 78 valence electrons. The molecule has 0 atom stereocenters. The Kier molecular flexibility index (Phi) is 3.81. The van der Waals surface area contributed by atoms with Crippen LogP contribution in [0.1, 0.15) is 11.1 Å². The zero-order valence-electron chi connectivity index (χ0n) is 6.83. The number of halogens is 5. The summed E-state index contributed by atoms with van der Waals surface area (Å²) in [7, 11) is 0. The molecule has 0 unspecified atom stereocenters.